The molecule has 2 unspecified atom stereocenters. The number of carbonyl (C=O) groups is 2. The molecule has 1 aromatic rings. The number of hydrogen-bond donors (Lipinski definition) is 1. The molecule has 4 nitrogen and oxygen atoms in total. The van der Waals surface area contributed by atoms with Crippen LogP contribution in [0.15, 0.2) is 24.3 Å². The first-order chi connectivity index (χ1) is 10.1. The van der Waals surface area contributed by atoms with Crippen molar-refractivity contribution in [3.05, 3.63) is 34.9 Å². The fraction of sp³-hybridized carbons (Fsp3) is 0.500. The minimum Gasteiger partial charge on any atom is -0.352 e. The van der Waals surface area contributed by atoms with Gasteiger partial charge in [0.25, 0.3) is 0 Å². The summed E-state index contributed by atoms with van der Waals surface area (Å²) in [6, 6.07) is 7.39. The first-order valence-electron chi connectivity index (χ1n) is 7.46. The Hall–Kier alpha value is -1.55. The third-order valence-corrected chi connectivity index (χ3v) is 4.49. The number of likely N-dealkylation sites (tertiary alicyclic amines) is 1. The normalized spacial score (nSPS) is 24.0. The van der Waals surface area contributed by atoms with E-state index in [1.165, 1.54) is 0 Å². The van der Waals surface area contributed by atoms with E-state index in [1.807, 2.05) is 17.0 Å². The van der Waals surface area contributed by atoms with E-state index in [0.29, 0.717) is 18.0 Å². The summed E-state index contributed by atoms with van der Waals surface area (Å²) in [6.07, 6.45) is 2.87. The molecule has 2 aliphatic rings. The lowest BCUT2D eigenvalue weighted by molar-refractivity contribution is -0.133. The molecule has 3 rings (SSSR count). The van der Waals surface area contributed by atoms with Gasteiger partial charge in [-0.05, 0) is 37.0 Å². The minimum absolute atomic E-state index is 0.0116. The van der Waals surface area contributed by atoms with E-state index in [2.05, 4.69) is 5.32 Å². The molecule has 1 N–H and O–H groups in total. The Balaban J connectivity index is 1.46. The summed E-state index contributed by atoms with van der Waals surface area (Å²) in [4.78, 5) is 26.1. The highest BCUT2D eigenvalue weighted by molar-refractivity contribution is 6.30. The van der Waals surface area contributed by atoms with Crippen molar-refractivity contribution in [2.45, 2.75) is 25.8 Å². The van der Waals surface area contributed by atoms with Crippen molar-refractivity contribution in [2.24, 2.45) is 11.8 Å². The standard InChI is InChI=1S/C16H19ClN2O2/c17-12-5-3-11(4-6-12)10-18-15(20)13-9-14(13)16(21)19-7-1-2-8-19/h3-6,13-14H,1-2,7-10H2,(H,18,20). The third-order valence-electron chi connectivity index (χ3n) is 4.24. The van der Waals surface area contributed by atoms with Gasteiger partial charge >= 0.3 is 0 Å². The molecule has 1 saturated heterocycles. The highest BCUT2D eigenvalue weighted by Crippen LogP contribution is 2.40. The molecule has 0 bridgehead atoms. The average molecular weight is 307 g/mol. The SMILES string of the molecule is O=C(NCc1ccc(Cl)cc1)C1CC1C(=O)N1CCCC1. The maximum Gasteiger partial charge on any atom is 0.226 e. The molecule has 1 aliphatic heterocycles. The van der Waals surface area contributed by atoms with Crippen LogP contribution < -0.4 is 5.32 Å². The molecular formula is C16H19ClN2O2. The van der Waals surface area contributed by atoms with E-state index in [4.69, 9.17) is 11.6 Å². The zero-order valence-electron chi connectivity index (χ0n) is 11.8. The molecule has 21 heavy (non-hydrogen) atoms. The van der Waals surface area contributed by atoms with Gasteiger partial charge in [0.05, 0.1) is 11.8 Å². The molecule has 5 heteroatoms. The van der Waals surface area contributed by atoms with Crippen LogP contribution in [0.4, 0.5) is 0 Å². The van der Waals surface area contributed by atoms with E-state index < -0.39 is 0 Å². The molecule has 2 amide bonds. The maximum atomic E-state index is 12.2. The quantitative estimate of drug-likeness (QED) is 0.927. The Bertz CT molecular complexity index is 538. The van der Waals surface area contributed by atoms with Gasteiger partial charge in [0, 0.05) is 24.7 Å². The first kappa shape index (κ1) is 14.4. The van der Waals surface area contributed by atoms with Gasteiger partial charge in [0.1, 0.15) is 0 Å². The number of hydrogen-bond acceptors (Lipinski definition) is 2. The average Bonchev–Trinajstić information content (AvgIpc) is 3.11. The zero-order chi connectivity index (χ0) is 14.8. The number of rotatable bonds is 4. The summed E-state index contributed by atoms with van der Waals surface area (Å²) in [6.45, 7) is 2.19. The molecule has 1 saturated carbocycles. The highest BCUT2D eigenvalue weighted by atomic mass is 35.5. The van der Waals surface area contributed by atoms with Crippen LogP contribution in [0.2, 0.25) is 5.02 Å². The molecule has 0 radical (unpaired) electrons. The second-order valence-electron chi connectivity index (χ2n) is 5.83. The van der Waals surface area contributed by atoms with Crippen LogP contribution in [0.5, 0.6) is 0 Å². The van der Waals surface area contributed by atoms with Gasteiger partial charge < -0.3 is 10.2 Å². The van der Waals surface area contributed by atoms with Crippen LogP contribution in [-0.4, -0.2) is 29.8 Å². The Kier molecular flexibility index (Phi) is 4.15. The summed E-state index contributed by atoms with van der Waals surface area (Å²) in [5.74, 6) is -0.0691. The molecule has 0 aromatic heterocycles. The van der Waals surface area contributed by atoms with Gasteiger partial charge in [-0.25, -0.2) is 0 Å². The molecule has 2 fully saturated rings. The number of nitrogens with one attached hydrogen (secondary N) is 1. The Morgan fingerprint density at radius 1 is 1.14 bits per heavy atom. The van der Waals surface area contributed by atoms with Crippen molar-refractivity contribution in [2.75, 3.05) is 13.1 Å². The van der Waals surface area contributed by atoms with E-state index in [1.54, 1.807) is 12.1 Å². The van der Waals surface area contributed by atoms with Crippen LogP contribution in [0, 0.1) is 11.8 Å². The minimum atomic E-state index is -0.134. The molecule has 1 heterocycles. The fourth-order valence-electron chi connectivity index (χ4n) is 2.85. The summed E-state index contributed by atoms with van der Waals surface area (Å²) in [5, 5.41) is 3.59. The van der Waals surface area contributed by atoms with Crippen LogP contribution in [0.3, 0.4) is 0 Å². The van der Waals surface area contributed by atoms with Gasteiger partial charge in [0.15, 0.2) is 0 Å². The Morgan fingerprint density at radius 3 is 2.48 bits per heavy atom. The van der Waals surface area contributed by atoms with Crippen molar-refractivity contribution >= 4 is 23.4 Å². The maximum absolute atomic E-state index is 12.2. The molecule has 112 valence electrons. The third kappa shape index (κ3) is 3.38. The molecule has 1 aliphatic carbocycles. The van der Waals surface area contributed by atoms with Gasteiger partial charge in [-0.1, -0.05) is 23.7 Å². The van der Waals surface area contributed by atoms with Gasteiger partial charge in [0.2, 0.25) is 11.8 Å². The number of halogens is 1. The van der Waals surface area contributed by atoms with Crippen LogP contribution in [0.25, 0.3) is 0 Å². The summed E-state index contributed by atoms with van der Waals surface area (Å²) >= 11 is 5.82. The van der Waals surface area contributed by atoms with Crippen molar-refractivity contribution in [1.82, 2.24) is 10.2 Å². The van der Waals surface area contributed by atoms with E-state index in [9.17, 15) is 9.59 Å². The fourth-order valence-corrected chi connectivity index (χ4v) is 2.98. The number of benzene rings is 1. The summed E-state index contributed by atoms with van der Waals surface area (Å²) in [5.41, 5.74) is 1.01. The van der Waals surface area contributed by atoms with E-state index in [-0.39, 0.29) is 23.7 Å². The first-order valence-corrected chi connectivity index (χ1v) is 7.84. The lowest BCUT2D eigenvalue weighted by atomic mass is 10.2. The monoisotopic (exact) mass is 306 g/mol. The molecule has 1 aromatic carbocycles. The number of nitrogens with zero attached hydrogens (tertiary/aromatic N) is 1. The van der Waals surface area contributed by atoms with Crippen molar-refractivity contribution in [1.29, 1.82) is 0 Å². The van der Waals surface area contributed by atoms with Gasteiger partial charge in [-0.2, -0.15) is 0 Å². The lowest BCUT2D eigenvalue weighted by Gasteiger charge is -2.14. The van der Waals surface area contributed by atoms with Gasteiger partial charge in [-0.15, -0.1) is 0 Å². The van der Waals surface area contributed by atoms with Gasteiger partial charge in [-0.3, -0.25) is 9.59 Å². The van der Waals surface area contributed by atoms with E-state index in [0.717, 1.165) is 31.5 Å². The second kappa shape index (κ2) is 6.06. The largest absolute Gasteiger partial charge is 0.352 e. The number of carbonyl (C=O) groups excluding carboxylic acids is 2. The molecular weight excluding hydrogens is 288 g/mol. The zero-order valence-corrected chi connectivity index (χ0v) is 12.6. The van der Waals surface area contributed by atoms with E-state index >= 15 is 0 Å². The highest BCUT2D eigenvalue weighted by Gasteiger charge is 2.49. The number of amides is 2. The van der Waals surface area contributed by atoms with Crippen molar-refractivity contribution in [3.8, 4) is 0 Å². The van der Waals surface area contributed by atoms with Crippen LogP contribution in [-0.2, 0) is 16.1 Å². The predicted molar refractivity (Wildman–Crippen MR) is 80.7 cm³/mol. The van der Waals surface area contributed by atoms with Crippen molar-refractivity contribution in [3.63, 3.8) is 0 Å². The smallest absolute Gasteiger partial charge is 0.226 e. The predicted octanol–water partition coefficient (Wildman–Crippen LogP) is 2.21. The Morgan fingerprint density at radius 2 is 1.81 bits per heavy atom. The Labute approximate surface area is 129 Å². The second-order valence-corrected chi connectivity index (χ2v) is 6.26. The van der Waals surface area contributed by atoms with Crippen LogP contribution in [0.1, 0.15) is 24.8 Å². The topological polar surface area (TPSA) is 49.4 Å². The van der Waals surface area contributed by atoms with Crippen LogP contribution >= 0.6 is 11.6 Å². The lowest BCUT2D eigenvalue weighted by Crippen LogP contribution is -2.32. The summed E-state index contributed by atoms with van der Waals surface area (Å²) < 4.78 is 0. The molecule has 0 spiro atoms. The summed E-state index contributed by atoms with van der Waals surface area (Å²) in [7, 11) is 0. The van der Waals surface area contributed by atoms with Crippen molar-refractivity contribution < 1.29 is 9.59 Å². The molecule has 2 atom stereocenters.